The Morgan fingerprint density at radius 2 is 2.15 bits per heavy atom. The van der Waals surface area contributed by atoms with E-state index in [2.05, 4.69) is 4.72 Å². The molecule has 0 saturated carbocycles. The van der Waals surface area contributed by atoms with Gasteiger partial charge in [0, 0.05) is 17.4 Å². The molecule has 5 N–H and O–H groups in total. The molecule has 1 aromatic rings. The smallest absolute Gasteiger partial charge is 0.248 e. The first-order valence-corrected chi connectivity index (χ1v) is 8.83. The number of hydrogen-bond acceptors (Lipinski definition) is 5. The standard InChI is InChI=1S/C12H17N3O3S2/c13-10-6-8(12(14)16)3-4-11(10)20(17,18)15-9-2-1-5-19-7-9/h3-4,6,9,15H,1-2,5,7,13H2,(H2,14,16). The summed E-state index contributed by atoms with van der Waals surface area (Å²) >= 11 is 1.73. The molecule has 1 heterocycles. The van der Waals surface area contributed by atoms with Gasteiger partial charge in [-0.05, 0) is 36.8 Å². The van der Waals surface area contributed by atoms with Crippen LogP contribution < -0.4 is 16.2 Å². The average Bonchev–Trinajstić information content (AvgIpc) is 2.38. The number of thioether (sulfide) groups is 1. The molecule has 20 heavy (non-hydrogen) atoms. The fourth-order valence-corrected chi connectivity index (χ4v) is 4.62. The number of sulfonamides is 1. The molecule has 1 aliphatic rings. The number of primary amides is 1. The van der Waals surface area contributed by atoms with E-state index in [9.17, 15) is 13.2 Å². The summed E-state index contributed by atoms with van der Waals surface area (Å²) in [5.41, 5.74) is 11.1. The van der Waals surface area contributed by atoms with Gasteiger partial charge >= 0.3 is 0 Å². The van der Waals surface area contributed by atoms with E-state index in [0.29, 0.717) is 0 Å². The molecule has 1 aliphatic heterocycles. The predicted octanol–water partition coefficient (Wildman–Crippen LogP) is 0.542. The lowest BCUT2D eigenvalue weighted by molar-refractivity contribution is 0.1000. The van der Waals surface area contributed by atoms with Crippen molar-refractivity contribution in [1.82, 2.24) is 4.72 Å². The summed E-state index contributed by atoms with van der Waals surface area (Å²) in [4.78, 5) is 11.0. The maximum absolute atomic E-state index is 12.3. The van der Waals surface area contributed by atoms with E-state index >= 15 is 0 Å². The topological polar surface area (TPSA) is 115 Å². The van der Waals surface area contributed by atoms with Crippen LogP contribution in [0.1, 0.15) is 23.2 Å². The molecule has 1 fully saturated rings. The van der Waals surface area contributed by atoms with Crippen molar-refractivity contribution in [3.63, 3.8) is 0 Å². The number of nitrogens with one attached hydrogen (secondary N) is 1. The number of nitrogens with two attached hydrogens (primary N) is 2. The largest absolute Gasteiger partial charge is 0.398 e. The fourth-order valence-electron chi connectivity index (χ4n) is 2.06. The molecule has 1 amide bonds. The van der Waals surface area contributed by atoms with E-state index in [1.807, 2.05) is 0 Å². The van der Waals surface area contributed by atoms with Gasteiger partial charge in [-0.25, -0.2) is 13.1 Å². The molecule has 1 atom stereocenters. The van der Waals surface area contributed by atoms with Crippen molar-refractivity contribution in [3.05, 3.63) is 23.8 Å². The number of rotatable bonds is 4. The van der Waals surface area contributed by atoms with Gasteiger partial charge in [-0.15, -0.1) is 0 Å². The Kier molecular flexibility index (Phi) is 4.56. The molecule has 0 bridgehead atoms. The van der Waals surface area contributed by atoms with Crippen LogP contribution >= 0.6 is 11.8 Å². The van der Waals surface area contributed by atoms with Crippen molar-refractivity contribution in [2.24, 2.45) is 5.73 Å². The number of anilines is 1. The lowest BCUT2D eigenvalue weighted by atomic mass is 10.2. The second kappa shape index (κ2) is 6.02. The Morgan fingerprint density at radius 1 is 1.40 bits per heavy atom. The molecule has 6 nitrogen and oxygen atoms in total. The van der Waals surface area contributed by atoms with E-state index in [-0.39, 0.29) is 22.2 Å². The van der Waals surface area contributed by atoms with Gasteiger partial charge in [0.1, 0.15) is 4.90 Å². The summed E-state index contributed by atoms with van der Waals surface area (Å²) in [7, 11) is -3.67. The maximum Gasteiger partial charge on any atom is 0.248 e. The zero-order valence-corrected chi connectivity index (χ0v) is 12.5. The molecular weight excluding hydrogens is 298 g/mol. The minimum atomic E-state index is -3.67. The van der Waals surface area contributed by atoms with Crippen LogP contribution in [0.2, 0.25) is 0 Å². The van der Waals surface area contributed by atoms with E-state index in [1.54, 1.807) is 11.8 Å². The third-order valence-electron chi connectivity index (χ3n) is 3.07. The Labute approximate surface area is 122 Å². The summed E-state index contributed by atoms with van der Waals surface area (Å²) in [6.07, 6.45) is 1.82. The van der Waals surface area contributed by atoms with Gasteiger partial charge in [0.25, 0.3) is 0 Å². The van der Waals surface area contributed by atoms with Gasteiger partial charge in [0.15, 0.2) is 0 Å². The highest BCUT2D eigenvalue weighted by Gasteiger charge is 2.24. The highest BCUT2D eigenvalue weighted by molar-refractivity contribution is 7.99. The number of amides is 1. The van der Waals surface area contributed by atoms with E-state index in [4.69, 9.17) is 11.5 Å². The molecular formula is C12H17N3O3S2. The summed E-state index contributed by atoms with van der Waals surface area (Å²) in [6.45, 7) is 0. The van der Waals surface area contributed by atoms with E-state index < -0.39 is 15.9 Å². The number of carbonyl (C=O) groups excluding carboxylic acids is 1. The summed E-state index contributed by atoms with van der Waals surface area (Å²) in [6, 6.07) is 3.89. The Balaban J connectivity index is 2.22. The van der Waals surface area contributed by atoms with E-state index in [0.717, 1.165) is 24.3 Å². The quantitative estimate of drug-likeness (QED) is 0.701. The molecule has 110 valence electrons. The first kappa shape index (κ1) is 15.1. The van der Waals surface area contributed by atoms with Crippen LogP contribution in [0, 0.1) is 0 Å². The van der Waals surface area contributed by atoms with Crippen molar-refractivity contribution in [2.45, 2.75) is 23.8 Å². The minimum Gasteiger partial charge on any atom is -0.398 e. The van der Waals surface area contributed by atoms with Crippen molar-refractivity contribution in [2.75, 3.05) is 17.2 Å². The molecule has 1 unspecified atom stereocenters. The lowest BCUT2D eigenvalue weighted by Crippen LogP contribution is -2.38. The number of carbonyl (C=O) groups is 1. The maximum atomic E-state index is 12.3. The normalized spacial score (nSPS) is 19.7. The van der Waals surface area contributed by atoms with Crippen molar-refractivity contribution < 1.29 is 13.2 Å². The summed E-state index contributed by atoms with van der Waals surface area (Å²) in [5, 5.41) is 0. The molecule has 0 radical (unpaired) electrons. The number of hydrogen-bond donors (Lipinski definition) is 3. The Bertz CT molecular complexity index is 610. The van der Waals surface area contributed by atoms with Crippen molar-refractivity contribution in [3.8, 4) is 0 Å². The zero-order valence-electron chi connectivity index (χ0n) is 10.8. The Hall–Kier alpha value is -1.25. The van der Waals surface area contributed by atoms with Gasteiger partial charge in [-0.3, -0.25) is 4.79 Å². The Morgan fingerprint density at radius 3 is 2.70 bits per heavy atom. The highest BCUT2D eigenvalue weighted by Crippen LogP contribution is 2.23. The van der Waals surface area contributed by atoms with Crippen LogP contribution in [0.25, 0.3) is 0 Å². The predicted molar refractivity (Wildman–Crippen MR) is 80.0 cm³/mol. The third-order valence-corrected chi connectivity index (χ3v) is 5.88. The van der Waals surface area contributed by atoms with Gasteiger partial charge in [-0.2, -0.15) is 11.8 Å². The fraction of sp³-hybridized carbons (Fsp3) is 0.417. The van der Waals surface area contributed by atoms with Crippen LogP contribution in [-0.2, 0) is 10.0 Å². The molecule has 8 heteroatoms. The van der Waals surface area contributed by atoms with Crippen LogP contribution in [0.15, 0.2) is 23.1 Å². The minimum absolute atomic E-state index is 0.0157. The zero-order chi connectivity index (χ0) is 14.8. The van der Waals surface area contributed by atoms with Crippen LogP contribution in [0.4, 0.5) is 5.69 Å². The van der Waals surface area contributed by atoms with Crippen LogP contribution in [-0.4, -0.2) is 31.9 Å². The van der Waals surface area contributed by atoms with Crippen molar-refractivity contribution >= 4 is 33.4 Å². The molecule has 1 aromatic carbocycles. The highest BCUT2D eigenvalue weighted by atomic mass is 32.2. The van der Waals surface area contributed by atoms with Gasteiger partial charge < -0.3 is 11.5 Å². The average molecular weight is 315 g/mol. The monoisotopic (exact) mass is 315 g/mol. The van der Waals surface area contributed by atoms with Gasteiger partial charge in [0.2, 0.25) is 15.9 Å². The molecule has 0 aromatic heterocycles. The lowest BCUT2D eigenvalue weighted by Gasteiger charge is -2.22. The molecule has 0 aliphatic carbocycles. The summed E-state index contributed by atoms with van der Waals surface area (Å²) < 4.78 is 27.2. The first-order chi connectivity index (χ1) is 9.40. The van der Waals surface area contributed by atoms with E-state index in [1.165, 1.54) is 18.2 Å². The number of benzene rings is 1. The molecule has 1 saturated heterocycles. The SMILES string of the molecule is NC(=O)c1ccc(S(=O)(=O)NC2CCCSC2)c(N)c1. The van der Waals surface area contributed by atoms with Gasteiger partial charge in [-0.1, -0.05) is 0 Å². The van der Waals surface area contributed by atoms with Gasteiger partial charge in [0.05, 0.1) is 5.69 Å². The van der Waals surface area contributed by atoms with Crippen LogP contribution in [0.5, 0.6) is 0 Å². The number of nitrogen functional groups attached to an aromatic ring is 1. The summed E-state index contributed by atoms with van der Waals surface area (Å²) in [5.74, 6) is 1.18. The first-order valence-electron chi connectivity index (χ1n) is 6.19. The van der Waals surface area contributed by atoms with Crippen LogP contribution in [0.3, 0.4) is 0 Å². The second-order valence-corrected chi connectivity index (χ2v) is 7.48. The molecule has 0 spiro atoms. The molecule has 2 rings (SSSR count). The van der Waals surface area contributed by atoms with Crippen molar-refractivity contribution in [1.29, 1.82) is 0 Å². The second-order valence-electron chi connectivity index (χ2n) is 4.65. The third kappa shape index (κ3) is 3.44.